The van der Waals surface area contributed by atoms with E-state index in [2.05, 4.69) is 32.1 Å². The molecule has 0 unspecified atom stereocenters. The monoisotopic (exact) mass is 356 g/mol. The summed E-state index contributed by atoms with van der Waals surface area (Å²) in [6, 6.07) is 3.57. The molecular formula is C18H24N6O2. The summed E-state index contributed by atoms with van der Waals surface area (Å²) in [5, 5.41) is 11.9. The average Bonchev–Trinajstić information content (AvgIpc) is 2.97. The number of aryl methyl sites for hydroxylation is 1. The fourth-order valence-electron chi connectivity index (χ4n) is 3.77. The summed E-state index contributed by atoms with van der Waals surface area (Å²) < 4.78 is 5.26. The van der Waals surface area contributed by atoms with E-state index in [1.807, 2.05) is 19.2 Å². The number of hydrogen-bond donors (Lipinski definition) is 3. The predicted molar refractivity (Wildman–Crippen MR) is 98.7 cm³/mol. The summed E-state index contributed by atoms with van der Waals surface area (Å²) in [7, 11) is 0. The first-order chi connectivity index (χ1) is 12.5. The van der Waals surface area contributed by atoms with Gasteiger partial charge in [-0.05, 0) is 18.9 Å². The molecule has 0 amide bonds. The van der Waals surface area contributed by atoms with Gasteiger partial charge < -0.3 is 25.8 Å². The SMILES string of the molecule is Cc1cnc(Nc2ccc(OCCO)nc2)nc1N1C[C@H]2[C@@H](C)[C@@]2(N)C1. The molecular weight excluding hydrogens is 332 g/mol. The van der Waals surface area contributed by atoms with E-state index >= 15 is 0 Å². The molecule has 0 spiro atoms. The summed E-state index contributed by atoms with van der Waals surface area (Å²) in [6.45, 7) is 6.22. The fourth-order valence-corrected chi connectivity index (χ4v) is 3.77. The van der Waals surface area contributed by atoms with E-state index in [-0.39, 0.29) is 18.8 Å². The van der Waals surface area contributed by atoms with Crippen LogP contribution in [-0.4, -0.2) is 51.9 Å². The zero-order valence-corrected chi connectivity index (χ0v) is 15.0. The van der Waals surface area contributed by atoms with Gasteiger partial charge in [-0.15, -0.1) is 0 Å². The molecule has 2 aromatic rings. The number of pyridine rings is 1. The van der Waals surface area contributed by atoms with Crippen LogP contribution < -0.4 is 20.7 Å². The molecule has 138 valence electrons. The number of nitrogens with two attached hydrogens (primary N) is 1. The molecule has 2 aromatic heterocycles. The van der Waals surface area contributed by atoms with Crippen LogP contribution in [0.4, 0.5) is 17.5 Å². The Labute approximate surface area is 152 Å². The molecule has 8 nitrogen and oxygen atoms in total. The fraction of sp³-hybridized carbons (Fsp3) is 0.500. The standard InChI is InChI=1S/C18H24N6O2/c1-11-7-21-17(22-13-3-4-15(20-8-13)26-6-5-25)23-16(11)24-9-14-12(2)18(14,19)10-24/h3-4,7-8,12,14,25H,5-6,9-10,19H2,1-2H3,(H,21,22,23)/t12-,14+,18+/m1/s1. The largest absolute Gasteiger partial charge is 0.475 e. The number of ether oxygens (including phenoxy) is 1. The summed E-state index contributed by atoms with van der Waals surface area (Å²) in [6.07, 6.45) is 3.48. The van der Waals surface area contributed by atoms with Crippen molar-refractivity contribution in [1.82, 2.24) is 15.0 Å². The number of nitrogens with zero attached hydrogens (tertiary/aromatic N) is 4. The molecule has 0 aromatic carbocycles. The van der Waals surface area contributed by atoms with Crippen molar-refractivity contribution >= 4 is 17.5 Å². The second-order valence-electron chi connectivity index (χ2n) is 7.17. The van der Waals surface area contributed by atoms with Crippen LogP contribution >= 0.6 is 0 Å². The summed E-state index contributed by atoms with van der Waals surface area (Å²) in [5.41, 5.74) is 8.20. The van der Waals surface area contributed by atoms with Crippen molar-refractivity contribution in [2.75, 3.05) is 36.5 Å². The van der Waals surface area contributed by atoms with Crippen LogP contribution in [0.1, 0.15) is 12.5 Å². The van der Waals surface area contributed by atoms with Crippen LogP contribution in [0.25, 0.3) is 0 Å². The summed E-state index contributed by atoms with van der Waals surface area (Å²) in [5.74, 6) is 3.08. The zero-order chi connectivity index (χ0) is 18.3. The van der Waals surface area contributed by atoms with Crippen molar-refractivity contribution in [2.45, 2.75) is 19.4 Å². The molecule has 0 radical (unpaired) electrons. The van der Waals surface area contributed by atoms with E-state index < -0.39 is 0 Å². The minimum Gasteiger partial charge on any atom is -0.475 e. The number of hydrogen-bond acceptors (Lipinski definition) is 8. The van der Waals surface area contributed by atoms with Crippen molar-refractivity contribution in [3.63, 3.8) is 0 Å². The lowest BCUT2D eigenvalue weighted by Gasteiger charge is -2.24. The highest BCUT2D eigenvalue weighted by atomic mass is 16.5. The minimum atomic E-state index is -0.0562. The quantitative estimate of drug-likeness (QED) is 0.705. The molecule has 3 atom stereocenters. The van der Waals surface area contributed by atoms with Crippen LogP contribution in [0.5, 0.6) is 5.88 Å². The van der Waals surface area contributed by atoms with Crippen molar-refractivity contribution < 1.29 is 9.84 Å². The van der Waals surface area contributed by atoms with Gasteiger partial charge in [0.15, 0.2) is 0 Å². The maximum atomic E-state index is 8.77. The molecule has 1 aliphatic carbocycles. The Bertz CT molecular complexity index is 799. The highest BCUT2D eigenvalue weighted by molar-refractivity contribution is 5.57. The molecule has 26 heavy (non-hydrogen) atoms. The van der Waals surface area contributed by atoms with E-state index in [4.69, 9.17) is 15.6 Å². The average molecular weight is 356 g/mol. The van der Waals surface area contributed by atoms with E-state index in [1.165, 1.54) is 0 Å². The maximum absolute atomic E-state index is 8.77. The van der Waals surface area contributed by atoms with Crippen LogP contribution in [0.2, 0.25) is 0 Å². The highest BCUT2D eigenvalue weighted by Gasteiger charge is 2.64. The Morgan fingerprint density at radius 3 is 2.88 bits per heavy atom. The van der Waals surface area contributed by atoms with E-state index in [0.29, 0.717) is 23.7 Å². The van der Waals surface area contributed by atoms with Gasteiger partial charge in [0.05, 0.1) is 18.5 Å². The zero-order valence-electron chi connectivity index (χ0n) is 15.0. The van der Waals surface area contributed by atoms with Crippen molar-refractivity contribution in [1.29, 1.82) is 0 Å². The minimum absolute atomic E-state index is 0.0398. The lowest BCUT2D eigenvalue weighted by molar-refractivity contribution is 0.196. The lowest BCUT2D eigenvalue weighted by atomic mass is 10.2. The van der Waals surface area contributed by atoms with Gasteiger partial charge in [-0.3, -0.25) is 0 Å². The van der Waals surface area contributed by atoms with Crippen molar-refractivity contribution in [2.24, 2.45) is 17.6 Å². The number of aliphatic hydroxyl groups is 1. The van der Waals surface area contributed by atoms with Crippen molar-refractivity contribution in [3.05, 3.63) is 30.1 Å². The van der Waals surface area contributed by atoms with Gasteiger partial charge in [0.2, 0.25) is 11.8 Å². The van der Waals surface area contributed by atoms with Crippen molar-refractivity contribution in [3.8, 4) is 5.88 Å². The Hall–Kier alpha value is -2.45. The van der Waals surface area contributed by atoms with E-state index in [1.54, 1.807) is 12.3 Å². The van der Waals surface area contributed by atoms with Gasteiger partial charge in [0, 0.05) is 42.4 Å². The van der Waals surface area contributed by atoms with Gasteiger partial charge in [-0.1, -0.05) is 6.92 Å². The van der Waals surface area contributed by atoms with Crippen LogP contribution in [-0.2, 0) is 0 Å². The number of aromatic nitrogens is 3. The Morgan fingerprint density at radius 2 is 2.23 bits per heavy atom. The summed E-state index contributed by atoms with van der Waals surface area (Å²) >= 11 is 0. The summed E-state index contributed by atoms with van der Waals surface area (Å²) in [4.78, 5) is 15.5. The topological polar surface area (TPSA) is 109 Å². The number of fused-ring (bicyclic) bond motifs is 1. The number of piperidine rings is 1. The van der Waals surface area contributed by atoms with Crippen LogP contribution in [0, 0.1) is 18.8 Å². The van der Waals surface area contributed by atoms with Gasteiger partial charge in [0.25, 0.3) is 0 Å². The predicted octanol–water partition coefficient (Wildman–Crippen LogP) is 1.08. The smallest absolute Gasteiger partial charge is 0.229 e. The van der Waals surface area contributed by atoms with Gasteiger partial charge in [0.1, 0.15) is 12.4 Å². The van der Waals surface area contributed by atoms with Gasteiger partial charge >= 0.3 is 0 Å². The second-order valence-corrected chi connectivity index (χ2v) is 7.17. The highest BCUT2D eigenvalue weighted by Crippen LogP contribution is 2.54. The lowest BCUT2D eigenvalue weighted by Crippen LogP contribution is -2.36. The maximum Gasteiger partial charge on any atom is 0.229 e. The third-order valence-electron chi connectivity index (χ3n) is 5.49. The molecule has 3 heterocycles. The first-order valence-corrected chi connectivity index (χ1v) is 8.85. The van der Waals surface area contributed by atoms with Gasteiger partial charge in [-0.25, -0.2) is 9.97 Å². The molecule has 1 saturated carbocycles. The Kier molecular flexibility index (Phi) is 4.16. The molecule has 4 rings (SSSR count). The van der Waals surface area contributed by atoms with Crippen LogP contribution in [0.3, 0.4) is 0 Å². The second kappa shape index (κ2) is 6.37. The molecule has 1 aliphatic heterocycles. The van der Waals surface area contributed by atoms with Gasteiger partial charge in [-0.2, -0.15) is 4.98 Å². The molecule has 0 bridgehead atoms. The number of nitrogens with one attached hydrogen (secondary N) is 1. The van der Waals surface area contributed by atoms with Crippen LogP contribution in [0.15, 0.2) is 24.5 Å². The molecule has 2 fully saturated rings. The number of rotatable bonds is 6. The van der Waals surface area contributed by atoms with E-state index in [0.717, 1.165) is 30.2 Å². The third kappa shape index (κ3) is 2.95. The Morgan fingerprint density at radius 1 is 1.38 bits per heavy atom. The third-order valence-corrected chi connectivity index (χ3v) is 5.49. The number of anilines is 3. The number of aliphatic hydroxyl groups excluding tert-OH is 1. The van der Waals surface area contributed by atoms with E-state index in [9.17, 15) is 0 Å². The molecule has 2 aliphatic rings. The molecule has 4 N–H and O–H groups in total. The Balaban J connectivity index is 1.46. The molecule has 1 saturated heterocycles. The molecule has 8 heteroatoms. The first-order valence-electron chi connectivity index (χ1n) is 8.85. The first kappa shape index (κ1) is 17.0. The normalized spacial score (nSPS) is 26.5.